The van der Waals surface area contributed by atoms with Gasteiger partial charge in [-0.1, -0.05) is 68.1 Å². The Morgan fingerprint density at radius 2 is 1.64 bits per heavy atom. The summed E-state index contributed by atoms with van der Waals surface area (Å²) in [6.45, 7) is 7.20. The van der Waals surface area contributed by atoms with Crippen LogP contribution in [0.5, 0.6) is 5.75 Å². The molecule has 9 heteroatoms. The lowest BCUT2D eigenvalue weighted by atomic mass is 9.95. The summed E-state index contributed by atoms with van der Waals surface area (Å²) in [5, 5.41) is 3.19. The summed E-state index contributed by atoms with van der Waals surface area (Å²) in [7, 11) is -2.56. The molecule has 0 heterocycles. The largest absolute Gasteiger partial charge is 0.497 e. The third-order valence-electron chi connectivity index (χ3n) is 8.56. The molecule has 1 fully saturated rings. The van der Waals surface area contributed by atoms with Crippen LogP contribution in [0.2, 0.25) is 0 Å². The molecule has 1 N–H and O–H groups in total. The number of carbonyl (C=O) groups is 2. The monoisotopic (exact) mass is 619 g/mol. The fourth-order valence-electron chi connectivity index (χ4n) is 5.79. The van der Waals surface area contributed by atoms with E-state index < -0.39 is 28.5 Å². The number of methoxy groups -OCH3 is 1. The van der Waals surface area contributed by atoms with Crippen molar-refractivity contribution in [3.8, 4) is 5.75 Å². The van der Waals surface area contributed by atoms with E-state index >= 15 is 0 Å². The van der Waals surface area contributed by atoms with Gasteiger partial charge in [0.25, 0.3) is 10.0 Å². The predicted molar refractivity (Wildman–Crippen MR) is 174 cm³/mol. The zero-order valence-corrected chi connectivity index (χ0v) is 27.3. The van der Waals surface area contributed by atoms with Crippen LogP contribution in [0.1, 0.15) is 67.7 Å². The molecule has 0 spiro atoms. The maximum absolute atomic E-state index is 14.4. The number of anilines is 1. The number of sulfonamides is 1. The second-order valence-corrected chi connectivity index (χ2v) is 13.5. The van der Waals surface area contributed by atoms with Gasteiger partial charge >= 0.3 is 0 Å². The average molecular weight is 620 g/mol. The van der Waals surface area contributed by atoms with Gasteiger partial charge in [-0.25, -0.2) is 8.42 Å². The highest BCUT2D eigenvalue weighted by Gasteiger charge is 2.35. The number of hydrogen-bond donors (Lipinski definition) is 1. The zero-order valence-electron chi connectivity index (χ0n) is 26.5. The average Bonchev–Trinajstić information content (AvgIpc) is 3.02. The molecule has 0 aromatic heterocycles. The van der Waals surface area contributed by atoms with Gasteiger partial charge < -0.3 is 15.0 Å². The molecule has 0 radical (unpaired) electrons. The smallest absolute Gasteiger partial charge is 0.264 e. The van der Waals surface area contributed by atoms with Crippen LogP contribution in [-0.4, -0.2) is 50.9 Å². The molecule has 1 aliphatic rings. The minimum atomic E-state index is -4.13. The van der Waals surface area contributed by atoms with E-state index in [0.29, 0.717) is 17.9 Å². The molecule has 3 aromatic carbocycles. The Morgan fingerprint density at radius 3 is 2.30 bits per heavy atom. The number of carbonyl (C=O) groups excluding carboxylic acids is 2. The van der Waals surface area contributed by atoms with Crippen LogP contribution >= 0.6 is 0 Å². The SMILES string of the molecule is CC[C@@H](C(=O)NC1CCCCC1)N(Cc1cccc(OC)c1)C(=O)CN(c1cccc(C)c1C)S(=O)(=O)c1ccc(C)cc1. The van der Waals surface area contributed by atoms with Crippen LogP contribution in [0, 0.1) is 20.8 Å². The van der Waals surface area contributed by atoms with Crippen LogP contribution in [0.25, 0.3) is 0 Å². The minimum Gasteiger partial charge on any atom is -0.497 e. The van der Waals surface area contributed by atoms with Crippen molar-refractivity contribution in [2.45, 2.75) is 89.7 Å². The van der Waals surface area contributed by atoms with Crippen molar-refractivity contribution in [2.24, 2.45) is 0 Å². The third-order valence-corrected chi connectivity index (χ3v) is 10.3. The van der Waals surface area contributed by atoms with Crippen LogP contribution in [0.4, 0.5) is 5.69 Å². The van der Waals surface area contributed by atoms with Crippen LogP contribution < -0.4 is 14.4 Å². The van der Waals surface area contributed by atoms with Gasteiger partial charge in [-0.05, 0) is 87.1 Å². The van der Waals surface area contributed by atoms with Crippen molar-refractivity contribution in [1.29, 1.82) is 0 Å². The molecule has 0 bridgehead atoms. The second-order valence-electron chi connectivity index (χ2n) is 11.7. The number of benzene rings is 3. The molecule has 236 valence electrons. The first-order valence-corrected chi connectivity index (χ1v) is 16.9. The highest BCUT2D eigenvalue weighted by Crippen LogP contribution is 2.30. The number of ether oxygens (including phenoxy) is 1. The lowest BCUT2D eigenvalue weighted by Gasteiger charge is -2.35. The predicted octanol–water partition coefficient (Wildman–Crippen LogP) is 6.07. The van der Waals surface area contributed by atoms with Crippen LogP contribution in [0.15, 0.2) is 71.6 Å². The quantitative estimate of drug-likeness (QED) is 0.266. The number of amides is 2. The summed E-state index contributed by atoms with van der Waals surface area (Å²) in [5.41, 5.74) is 3.81. The minimum absolute atomic E-state index is 0.0763. The van der Waals surface area contributed by atoms with Gasteiger partial charge in [0.1, 0.15) is 18.3 Å². The Kier molecular flexibility index (Phi) is 11.1. The maximum Gasteiger partial charge on any atom is 0.264 e. The van der Waals surface area contributed by atoms with Crippen molar-refractivity contribution in [1.82, 2.24) is 10.2 Å². The summed E-state index contributed by atoms with van der Waals surface area (Å²) in [4.78, 5) is 29.8. The Labute approximate surface area is 262 Å². The van der Waals surface area contributed by atoms with Gasteiger partial charge in [0, 0.05) is 12.6 Å². The Bertz CT molecular complexity index is 1550. The second kappa shape index (κ2) is 14.8. The van der Waals surface area contributed by atoms with Gasteiger partial charge in [0.05, 0.1) is 17.7 Å². The lowest BCUT2D eigenvalue weighted by Crippen LogP contribution is -2.54. The highest BCUT2D eigenvalue weighted by molar-refractivity contribution is 7.92. The topological polar surface area (TPSA) is 96.0 Å². The summed E-state index contributed by atoms with van der Waals surface area (Å²) in [6, 6.07) is 18.7. The standard InChI is InChI=1S/C35H45N3O5S/c1-6-32(35(40)36-29-14-8-7-9-15-29)37(23-28-13-11-16-30(22-28)43-5)34(39)24-38(33-17-10-12-26(3)27(33)4)44(41,42)31-20-18-25(2)19-21-31/h10-13,16-22,29,32H,6-9,14-15,23-24H2,1-5H3,(H,36,40)/t32-/m0/s1. The highest BCUT2D eigenvalue weighted by atomic mass is 32.2. The first kappa shape index (κ1) is 33.1. The molecule has 1 aliphatic carbocycles. The van der Waals surface area contributed by atoms with Crippen molar-refractivity contribution in [3.05, 3.63) is 89.0 Å². The normalized spacial score (nSPS) is 14.5. The number of rotatable bonds is 12. The molecule has 44 heavy (non-hydrogen) atoms. The van der Waals surface area contributed by atoms with E-state index in [1.54, 1.807) is 43.5 Å². The first-order chi connectivity index (χ1) is 21.0. The molecule has 8 nitrogen and oxygen atoms in total. The van der Waals surface area contributed by atoms with E-state index in [0.717, 1.165) is 54.4 Å². The molecule has 2 amide bonds. The van der Waals surface area contributed by atoms with E-state index in [4.69, 9.17) is 4.74 Å². The Morgan fingerprint density at radius 1 is 0.955 bits per heavy atom. The molecule has 4 rings (SSSR count). The van der Waals surface area contributed by atoms with Crippen LogP contribution in [0.3, 0.4) is 0 Å². The van der Waals surface area contributed by atoms with Gasteiger partial charge in [-0.15, -0.1) is 0 Å². The molecular formula is C35H45N3O5S. The van der Waals surface area contributed by atoms with E-state index in [1.807, 2.05) is 58.0 Å². The van der Waals surface area contributed by atoms with E-state index in [-0.39, 0.29) is 23.4 Å². The van der Waals surface area contributed by atoms with E-state index in [2.05, 4.69) is 5.32 Å². The third kappa shape index (κ3) is 7.80. The van der Waals surface area contributed by atoms with E-state index in [9.17, 15) is 18.0 Å². The molecular weight excluding hydrogens is 574 g/mol. The molecule has 0 aliphatic heterocycles. The Hall–Kier alpha value is -3.85. The molecule has 1 atom stereocenters. The van der Waals surface area contributed by atoms with Crippen LogP contribution in [-0.2, 0) is 26.2 Å². The number of hydrogen-bond acceptors (Lipinski definition) is 5. The van der Waals surface area contributed by atoms with E-state index in [1.165, 1.54) is 9.21 Å². The van der Waals surface area contributed by atoms with Gasteiger partial charge in [0.2, 0.25) is 11.8 Å². The molecule has 0 saturated heterocycles. The first-order valence-electron chi connectivity index (χ1n) is 15.4. The van der Waals surface area contributed by atoms with Crippen molar-refractivity contribution >= 4 is 27.5 Å². The maximum atomic E-state index is 14.4. The molecule has 1 saturated carbocycles. The fraction of sp³-hybridized carbons (Fsp3) is 0.429. The fourth-order valence-corrected chi connectivity index (χ4v) is 7.26. The molecule has 3 aromatic rings. The lowest BCUT2D eigenvalue weighted by molar-refractivity contribution is -0.140. The van der Waals surface area contributed by atoms with Crippen molar-refractivity contribution in [3.63, 3.8) is 0 Å². The number of nitrogens with zero attached hydrogens (tertiary/aromatic N) is 2. The van der Waals surface area contributed by atoms with Gasteiger partial charge in [-0.3, -0.25) is 13.9 Å². The number of aryl methyl sites for hydroxylation is 2. The summed E-state index contributed by atoms with van der Waals surface area (Å²) >= 11 is 0. The van der Waals surface area contributed by atoms with Gasteiger partial charge in [0.15, 0.2) is 0 Å². The molecule has 0 unspecified atom stereocenters. The summed E-state index contributed by atoms with van der Waals surface area (Å²) in [5.74, 6) is -0.0426. The zero-order chi connectivity index (χ0) is 31.9. The summed E-state index contributed by atoms with van der Waals surface area (Å²) in [6.07, 6.45) is 5.50. The Balaban J connectivity index is 1.75. The van der Waals surface area contributed by atoms with Gasteiger partial charge in [-0.2, -0.15) is 0 Å². The van der Waals surface area contributed by atoms with Crippen molar-refractivity contribution < 1.29 is 22.7 Å². The van der Waals surface area contributed by atoms with Crippen molar-refractivity contribution in [2.75, 3.05) is 18.0 Å². The number of nitrogens with one attached hydrogen (secondary N) is 1. The summed E-state index contributed by atoms with van der Waals surface area (Å²) < 4.78 is 35.0.